The highest BCUT2D eigenvalue weighted by molar-refractivity contribution is 5.84. The molecule has 6 rings (SSSR count). The van der Waals surface area contributed by atoms with Gasteiger partial charge in [-0.2, -0.15) is 0 Å². The molecule has 0 radical (unpaired) electrons. The Morgan fingerprint density at radius 2 is 1.77 bits per heavy atom. The number of pyridine rings is 1. The van der Waals surface area contributed by atoms with Crippen LogP contribution in [0.15, 0.2) is 79.4 Å². The number of ether oxygens (including phenoxy) is 2. The molecule has 0 spiro atoms. The average Bonchev–Trinajstić information content (AvgIpc) is 3.58. The summed E-state index contributed by atoms with van der Waals surface area (Å²) < 4.78 is 13.4. The lowest BCUT2D eigenvalue weighted by Gasteiger charge is -2.43. The number of benzene rings is 2. The number of amides is 1. The molecule has 40 heavy (non-hydrogen) atoms. The van der Waals surface area contributed by atoms with Crippen molar-refractivity contribution >= 4 is 11.7 Å². The number of aromatic nitrogens is 4. The van der Waals surface area contributed by atoms with Crippen molar-refractivity contribution in [2.75, 3.05) is 7.11 Å². The Kier molecular flexibility index (Phi) is 6.33. The normalized spacial score (nSPS) is 14.5. The van der Waals surface area contributed by atoms with E-state index in [4.69, 9.17) is 14.5 Å². The van der Waals surface area contributed by atoms with Crippen LogP contribution in [0.1, 0.15) is 45.6 Å². The minimum absolute atomic E-state index is 0.386. The maximum absolute atomic E-state index is 12.6. The molecule has 2 N–H and O–H groups in total. The molecule has 5 aromatic rings. The number of aromatic amines is 1. The second kappa shape index (κ2) is 9.86. The molecule has 1 saturated carbocycles. The molecule has 3 aromatic heterocycles. The van der Waals surface area contributed by atoms with Gasteiger partial charge in [-0.25, -0.2) is 14.8 Å². The first-order chi connectivity index (χ1) is 19.3. The minimum Gasteiger partial charge on any atom is -0.493 e. The van der Waals surface area contributed by atoms with Gasteiger partial charge in [0.25, 0.3) is 0 Å². The summed E-state index contributed by atoms with van der Waals surface area (Å²) >= 11 is 0. The number of hydrogen-bond acceptors (Lipinski definition) is 5. The molecule has 0 unspecified atom stereocenters. The van der Waals surface area contributed by atoms with Gasteiger partial charge in [0.05, 0.1) is 42.3 Å². The molecule has 8 nitrogen and oxygen atoms in total. The highest BCUT2D eigenvalue weighted by Crippen LogP contribution is 2.43. The lowest BCUT2D eigenvalue weighted by atomic mass is 9.71. The SMILES string of the molecule is COc1cc(-c2cnc[nH]2)cn2c(-c3ccccc3)c(-c3ccc(C4(NC(=O)OC(C)(C)C)CCC4)cc3)nc12. The van der Waals surface area contributed by atoms with Crippen LogP contribution in [-0.2, 0) is 10.3 Å². The minimum atomic E-state index is -0.547. The monoisotopic (exact) mass is 535 g/mol. The zero-order valence-electron chi connectivity index (χ0n) is 23.2. The summed E-state index contributed by atoms with van der Waals surface area (Å²) in [5.74, 6) is 0.669. The molecule has 1 fully saturated rings. The predicted octanol–water partition coefficient (Wildman–Crippen LogP) is 6.97. The third-order valence-electron chi connectivity index (χ3n) is 7.42. The Balaban J connectivity index is 1.44. The van der Waals surface area contributed by atoms with Gasteiger partial charge in [0, 0.05) is 22.9 Å². The second-order valence-electron chi connectivity index (χ2n) is 11.3. The number of fused-ring (bicyclic) bond motifs is 1. The maximum atomic E-state index is 12.6. The van der Waals surface area contributed by atoms with Gasteiger partial charge in [-0.3, -0.25) is 4.40 Å². The smallest absolute Gasteiger partial charge is 0.408 e. The van der Waals surface area contributed by atoms with Crippen molar-refractivity contribution in [3.63, 3.8) is 0 Å². The lowest BCUT2D eigenvalue weighted by molar-refractivity contribution is 0.0377. The van der Waals surface area contributed by atoms with Crippen molar-refractivity contribution in [2.24, 2.45) is 0 Å². The molecule has 204 valence electrons. The zero-order valence-corrected chi connectivity index (χ0v) is 23.2. The zero-order chi connectivity index (χ0) is 27.9. The van der Waals surface area contributed by atoms with Crippen LogP contribution in [0.2, 0.25) is 0 Å². The molecule has 1 aliphatic carbocycles. The van der Waals surface area contributed by atoms with Gasteiger partial charge in [-0.15, -0.1) is 0 Å². The van der Waals surface area contributed by atoms with Crippen LogP contribution in [0.25, 0.3) is 39.4 Å². The Bertz CT molecular complexity index is 1650. The number of nitrogens with zero attached hydrogens (tertiary/aromatic N) is 3. The van der Waals surface area contributed by atoms with Gasteiger partial charge in [-0.1, -0.05) is 54.6 Å². The van der Waals surface area contributed by atoms with E-state index in [2.05, 4.69) is 62.3 Å². The maximum Gasteiger partial charge on any atom is 0.408 e. The first-order valence-corrected chi connectivity index (χ1v) is 13.5. The van der Waals surface area contributed by atoms with Crippen LogP contribution < -0.4 is 10.1 Å². The number of alkyl carbamates (subject to hydrolysis) is 1. The van der Waals surface area contributed by atoms with E-state index in [0.717, 1.165) is 64.2 Å². The van der Waals surface area contributed by atoms with E-state index in [1.807, 2.05) is 45.0 Å². The van der Waals surface area contributed by atoms with E-state index >= 15 is 0 Å². The van der Waals surface area contributed by atoms with Crippen molar-refractivity contribution in [1.29, 1.82) is 0 Å². The molecule has 2 aromatic carbocycles. The molecule has 1 aliphatic rings. The van der Waals surface area contributed by atoms with Crippen molar-refractivity contribution in [3.8, 4) is 39.5 Å². The summed E-state index contributed by atoms with van der Waals surface area (Å²) in [6, 6.07) is 20.6. The van der Waals surface area contributed by atoms with Gasteiger partial charge in [-0.05, 0) is 51.7 Å². The fourth-order valence-corrected chi connectivity index (χ4v) is 5.36. The van der Waals surface area contributed by atoms with Gasteiger partial charge in [0.1, 0.15) is 5.60 Å². The molecule has 8 heteroatoms. The summed E-state index contributed by atoms with van der Waals surface area (Å²) in [7, 11) is 1.66. The predicted molar refractivity (Wildman–Crippen MR) is 155 cm³/mol. The Hall–Kier alpha value is -4.59. The summed E-state index contributed by atoms with van der Waals surface area (Å²) in [5, 5.41) is 3.15. The number of nitrogens with one attached hydrogen (secondary N) is 2. The van der Waals surface area contributed by atoms with Crippen LogP contribution >= 0.6 is 0 Å². The summed E-state index contributed by atoms with van der Waals surface area (Å²) in [4.78, 5) is 25.1. The fraction of sp³-hybridized carbons (Fsp3) is 0.281. The first-order valence-electron chi connectivity index (χ1n) is 13.5. The fourth-order valence-electron chi connectivity index (χ4n) is 5.36. The van der Waals surface area contributed by atoms with Crippen LogP contribution in [0.4, 0.5) is 4.79 Å². The molecule has 1 amide bonds. The molecular formula is C32H33N5O3. The van der Waals surface area contributed by atoms with Crippen LogP contribution in [0.5, 0.6) is 5.75 Å². The van der Waals surface area contributed by atoms with Crippen molar-refractivity contribution in [2.45, 2.75) is 51.2 Å². The number of carbonyl (C=O) groups excluding carboxylic acids is 1. The van der Waals surface area contributed by atoms with E-state index in [1.165, 1.54) is 0 Å². The molecule has 0 aliphatic heterocycles. The number of carbonyl (C=O) groups is 1. The van der Waals surface area contributed by atoms with Crippen LogP contribution in [0.3, 0.4) is 0 Å². The molecule has 0 bridgehead atoms. The average molecular weight is 536 g/mol. The Labute approximate surface area is 233 Å². The van der Waals surface area contributed by atoms with E-state index < -0.39 is 11.1 Å². The summed E-state index contributed by atoms with van der Waals surface area (Å²) in [6.07, 6.45) is 7.94. The van der Waals surface area contributed by atoms with Crippen molar-refractivity contribution < 1.29 is 14.3 Å². The topological polar surface area (TPSA) is 93.5 Å². The summed E-state index contributed by atoms with van der Waals surface area (Å²) in [6.45, 7) is 5.63. The van der Waals surface area contributed by atoms with Crippen LogP contribution in [0, 0.1) is 0 Å². The second-order valence-corrected chi connectivity index (χ2v) is 11.3. The number of H-pyrrole nitrogens is 1. The van der Waals surface area contributed by atoms with E-state index in [0.29, 0.717) is 5.75 Å². The lowest BCUT2D eigenvalue weighted by Crippen LogP contribution is -2.52. The van der Waals surface area contributed by atoms with Gasteiger partial charge in [0.2, 0.25) is 0 Å². The van der Waals surface area contributed by atoms with E-state index in [-0.39, 0.29) is 6.09 Å². The third-order valence-corrected chi connectivity index (χ3v) is 7.42. The van der Waals surface area contributed by atoms with Gasteiger partial charge >= 0.3 is 6.09 Å². The van der Waals surface area contributed by atoms with Gasteiger partial charge in [0.15, 0.2) is 11.4 Å². The van der Waals surface area contributed by atoms with Gasteiger partial charge < -0.3 is 19.8 Å². The Morgan fingerprint density at radius 3 is 2.38 bits per heavy atom. The molecule has 0 atom stereocenters. The molecule has 0 saturated heterocycles. The largest absolute Gasteiger partial charge is 0.493 e. The Morgan fingerprint density at radius 1 is 1.02 bits per heavy atom. The quantitative estimate of drug-likeness (QED) is 0.245. The number of rotatable bonds is 6. The molecular weight excluding hydrogens is 502 g/mol. The number of hydrogen-bond donors (Lipinski definition) is 2. The highest BCUT2D eigenvalue weighted by atomic mass is 16.6. The van der Waals surface area contributed by atoms with E-state index in [9.17, 15) is 4.79 Å². The third kappa shape index (κ3) is 4.70. The summed E-state index contributed by atoms with van der Waals surface area (Å²) in [5.41, 5.74) is 6.50. The van der Waals surface area contributed by atoms with E-state index in [1.54, 1.807) is 19.6 Å². The van der Waals surface area contributed by atoms with Crippen LogP contribution in [-0.4, -0.2) is 38.2 Å². The first kappa shape index (κ1) is 25.7. The number of imidazole rings is 2. The highest BCUT2D eigenvalue weighted by Gasteiger charge is 2.41. The van der Waals surface area contributed by atoms with Crippen molar-refractivity contribution in [3.05, 3.63) is 84.9 Å². The molecule has 3 heterocycles. The van der Waals surface area contributed by atoms with Crippen molar-refractivity contribution in [1.82, 2.24) is 24.7 Å². The standard InChI is InChI=1S/C32H33N5O3/c1-31(2,3)40-30(38)36-32(15-8-16-32)24-13-11-21(12-14-24)27-28(22-9-6-5-7-10-22)37-19-23(25-18-33-20-34-25)17-26(39-4)29(37)35-27/h5-7,9-14,17-20H,8,15-16H2,1-4H3,(H,33,34)(H,36,38). The number of methoxy groups -OCH3 is 1.